The maximum absolute atomic E-state index is 12.9. The summed E-state index contributed by atoms with van der Waals surface area (Å²) in [5, 5.41) is 5.76. The van der Waals surface area contributed by atoms with Crippen molar-refractivity contribution in [3.8, 4) is 0 Å². The van der Waals surface area contributed by atoms with Crippen LogP contribution >= 0.6 is 0 Å². The number of anilines is 2. The number of methoxy groups -OCH3 is 1. The van der Waals surface area contributed by atoms with Gasteiger partial charge in [-0.2, -0.15) is 0 Å². The van der Waals surface area contributed by atoms with E-state index in [0.29, 0.717) is 30.2 Å². The number of amides is 1. The van der Waals surface area contributed by atoms with E-state index in [-0.39, 0.29) is 11.5 Å². The van der Waals surface area contributed by atoms with E-state index in [9.17, 15) is 14.0 Å². The highest BCUT2D eigenvalue weighted by atomic mass is 19.1. The lowest BCUT2D eigenvalue weighted by atomic mass is 10.1. The van der Waals surface area contributed by atoms with E-state index >= 15 is 0 Å². The van der Waals surface area contributed by atoms with Crippen molar-refractivity contribution in [3.05, 3.63) is 83.4 Å². The summed E-state index contributed by atoms with van der Waals surface area (Å²) in [6.45, 7) is 0.533. The molecular weight excluding hydrogens is 375 g/mol. The van der Waals surface area contributed by atoms with Gasteiger partial charge in [-0.3, -0.25) is 4.79 Å². The lowest BCUT2D eigenvalue weighted by molar-refractivity contribution is 0.0600. The first kappa shape index (κ1) is 19.9. The van der Waals surface area contributed by atoms with Gasteiger partial charge in [0.2, 0.25) is 5.95 Å². The second-order valence-corrected chi connectivity index (χ2v) is 6.09. The van der Waals surface area contributed by atoms with Gasteiger partial charge in [-0.25, -0.2) is 19.2 Å². The van der Waals surface area contributed by atoms with Crippen molar-refractivity contribution in [2.75, 3.05) is 24.3 Å². The molecule has 3 aromatic rings. The van der Waals surface area contributed by atoms with E-state index in [0.717, 1.165) is 5.56 Å². The SMILES string of the molecule is COC(=O)c1ccc(NC(=O)c2ccnc(NCCc3ccc(F)cc3)n2)cc1. The molecule has 2 N–H and O–H groups in total. The highest BCUT2D eigenvalue weighted by Crippen LogP contribution is 2.12. The molecule has 0 fully saturated rings. The minimum Gasteiger partial charge on any atom is -0.465 e. The average Bonchev–Trinajstić information content (AvgIpc) is 2.75. The molecular formula is C21H19FN4O3. The van der Waals surface area contributed by atoms with Gasteiger partial charge >= 0.3 is 5.97 Å². The second kappa shape index (κ2) is 9.41. The molecule has 148 valence electrons. The Labute approximate surface area is 167 Å². The third kappa shape index (κ3) is 5.58. The molecule has 0 unspecified atom stereocenters. The quantitative estimate of drug-likeness (QED) is 0.597. The monoisotopic (exact) mass is 394 g/mol. The largest absolute Gasteiger partial charge is 0.465 e. The van der Waals surface area contributed by atoms with Crippen molar-refractivity contribution in [2.24, 2.45) is 0 Å². The standard InChI is InChI=1S/C21H19FN4O3/c1-29-20(28)15-4-8-17(9-5-15)25-19(27)18-11-13-24-21(26-18)23-12-10-14-2-6-16(22)7-3-14/h2-9,11,13H,10,12H2,1H3,(H,25,27)(H,23,24,26). The highest BCUT2D eigenvalue weighted by molar-refractivity contribution is 6.03. The van der Waals surface area contributed by atoms with Crippen molar-refractivity contribution in [1.29, 1.82) is 0 Å². The predicted molar refractivity (Wildman–Crippen MR) is 106 cm³/mol. The fraction of sp³-hybridized carbons (Fsp3) is 0.143. The molecule has 29 heavy (non-hydrogen) atoms. The van der Waals surface area contributed by atoms with Crippen LogP contribution in [-0.2, 0) is 11.2 Å². The first-order valence-corrected chi connectivity index (χ1v) is 8.86. The molecule has 0 bridgehead atoms. The molecule has 1 heterocycles. The van der Waals surface area contributed by atoms with Crippen LogP contribution in [0.5, 0.6) is 0 Å². The van der Waals surface area contributed by atoms with Gasteiger partial charge in [-0.1, -0.05) is 12.1 Å². The van der Waals surface area contributed by atoms with Gasteiger partial charge < -0.3 is 15.4 Å². The molecule has 0 atom stereocenters. The molecule has 0 saturated carbocycles. The van der Waals surface area contributed by atoms with Gasteiger partial charge in [0.15, 0.2) is 0 Å². The smallest absolute Gasteiger partial charge is 0.337 e. The molecule has 1 amide bonds. The normalized spacial score (nSPS) is 10.3. The van der Waals surface area contributed by atoms with Crippen LogP contribution in [0.1, 0.15) is 26.4 Å². The summed E-state index contributed by atoms with van der Waals surface area (Å²) < 4.78 is 17.6. The van der Waals surface area contributed by atoms with E-state index in [1.165, 1.54) is 31.5 Å². The Kier molecular flexibility index (Phi) is 6.47. The summed E-state index contributed by atoms with van der Waals surface area (Å²) in [5.74, 6) is -0.806. The number of nitrogens with one attached hydrogen (secondary N) is 2. The number of benzene rings is 2. The molecule has 0 radical (unpaired) electrons. The molecule has 0 aliphatic heterocycles. The van der Waals surface area contributed by atoms with Gasteiger partial charge in [-0.15, -0.1) is 0 Å². The maximum atomic E-state index is 12.9. The fourth-order valence-electron chi connectivity index (χ4n) is 2.54. The Bertz CT molecular complexity index is 992. The Morgan fingerprint density at radius 2 is 1.76 bits per heavy atom. The molecule has 0 aliphatic carbocycles. The molecule has 1 aromatic heterocycles. The molecule has 2 aromatic carbocycles. The fourth-order valence-corrected chi connectivity index (χ4v) is 2.54. The van der Waals surface area contributed by atoms with E-state index in [2.05, 4.69) is 25.3 Å². The van der Waals surface area contributed by atoms with Crippen LogP contribution in [0.2, 0.25) is 0 Å². The van der Waals surface area contributed by atoms with E-state index in [1.807, 2.05) is 0 Å². The van der Waals surface area contributed by atoms with Crippen molar-refractivity contribution in [3.63, 3.8) is 0 Å². The number of carbonyl (C=O) groups excluding carboxylic acids is 2. The molecule has 3 rings (SSSR count). The first-order valence-electron chi connectivity index (χ1n) is 8.86. The predicted octanol–water partition coefficient (Wildman–Crippen LogP) is 3.31. The number of hydrogen-bond acceptors (Lipinski definition) is 6. The molecule has 0 aliphatic rings. The van der Waals surface area contributed by atoms with Gasteiger partial charge in [0, 0.05) is 18.4 Å². The maximum Gasteiger partial charge on any atom is 0.337 e. The van der Waals surface area contributed by atoms with Gasteiger partial charge in [-0.05, 0) is 54.4 Å². The summed E-state index contributed by atoms with van der Waals surface area (Å²) >= 11 is 0. The Hall–Kier alpha value is -3.81. The topological polar surface area (TPSA) is 93.2 Å². The average molecular weight is 394 g/mol. The van der Waals surface area contributed by atoms with Gasteiger partial charge in [0.05, 0.1) is 12.7 Å². The highest BCUT2D eigenvalue weighted by Gasteiger charge is 2.10. The summed E-state index contributed by atoms with van der Waals surface area (Å²) in [5.41, 5.74) is 2.08. The molecule has 0 saturated heterocycles. The molecule has 0 spiro atoms. The van der Waals surface area contributed by atoms with Crippen LogP contribution < -0.4 is 10.6 Å². The summed E-state index contributed by atoms with van der Waals surface area (Å²) in [6.07, 6.45) is 2.15. The number of ether oxygens (including phenoxy) is 1. The number of carbonyl (C=O) groups is 2. The van der Waals surface area contributed by atoms with E-state index < -0.39 is 11.9 Å². The van der Waals surface area contributed by atoms with E-state index in [4.69, 9.17) is 0 Å². The van der Waals surface area contributed by atoms with Crippen LogP contribution in [0.4, 0.5) is 16.0 Å². The number of hydrogen-bond donors (Lipinski definition) is 2. The second-order valence-electron chi connectivity index (χ2n) is 6.09. The van der Waals surface area contributed by atoms with Crippen molar-refractivity contribution in [2.45, 2.75) is 6.42 Å². The number of esters is 1. The number of rotatable bonds is 7. The molecule has 8 heteroatoms. The van der Waals surface area contributed by atoms with Crippen molar-refractivity contribution in [1.82, 2.24) is 9.97 Å². The zero-order valence-electron chi connectivity index (χ0n) is 15.7. The van der Waals surface area contributed by atoms with Gasteiger partial charge in [0.1, 0.15) is 11.5 Å². The Balaban J connectivity index is 1.57. The molecule has 7 nitrogen and oxygen atoms in total. The number of nitrogens with zero attached hydrogens (tertiary/aromatic N) is 2. The Morgan fingerprint density at radius 3 is 2.45 bits per heavy atom. The van der Waals surface area contributed by atoms with Crippen molar-refractivity contribution < 1.29 is 18.7 Å². The lowest BCUT2D eigenvalue weighted by Gasteiger charge is -2.08. The minimum atomic E-state index is -0.449. The first-order chi connectivity index (χ1) is 14.0. The van der Waals surface area contributed by atoms with Crippen LogP contribution in [0.15, 0.2) is 60.8 Å². The summed E-state index contributed by atoms with van der Waals surface area (Å²) in [6, 6.07) is 14.1. The van der Waals surface area contributed by atoms with Crippen LogP contribution in [0.25, 0.3) is 0 Å². The van der Waals surface area contributed by atoms with Crippen LogP contribution in [0, 0.1) is 5.82 Å². The number of aromatic nitrogens is 2. The lowest BCUT2D eigenvalue weighted by Crippen LogP contribution is -2.16. The van der Waals surface area contributed by atoms with Crippen LogP contribution in [-0.4, -0.2) is 35.5 Å². The zero-order chi connectivity index (χ0) is 20.6. The Morgan fingerprint density at radius 1 is 1.03 bits per heavy atom. The zero-order valence-corrected chi connectivity index (χ0v) is 15.7. The number of halogens is 1. The van der Waals surface area contributed by atoms with E-state index in [1.54, 1.807) is 36.4 Å². The summed E-state index contributed by atoms with van der Waals surface area (Å²) in [7, 11) is 1.30. The third-order valence-electron chi connectivity index (χ3n) is 4.06. The summed E-state index contributed by atoms with van der Waals surface area (Å²) in [4.78, 5) is 32.2. The van der Waals surface area contributed by atoms with Crippen LogP contribution in [0.3, 0.4) is 0 Å². The minimum absolute atomic E-state index is 0.196. The van der Waals surface area contributed by atoms with Gasteiger partial charge in [0.25, 0.3) is 5.91 Å². The van der Waals surface area contributed by atoms with Crippen molar-refractivity contribution >= 4 is 23.5 Å². The third-order valence-corrected chi connectivity index (χ3v) is 4.06.